The number of aromatic nitrogens is 4. The third-order valence-corrected chi connectivity index (χ3v) is 9.07. The summed E-state index contributed by atoms with van der Waals surface area (Å²) in [4.78, 5) is 12.5. The summed E-state index contributed by atoms with van der Waals surface area (Å²) in [5, 5.41) is 8.59. The Hall–Kier alpha value is -7.18. The molecule has 0 N–H and O–H groups in total. The Morgan fingerprint density at radius 1 is 0.308 bits per heavy atom. The molecule has 0 atom stereocenters. The Kier molecular flexibility index (Phi) is 8.08. The lowest BCUT2D eigenvalue weighted by molar-refractivity contribution is 0.584. The second-order valence-corrected chi connectivity index (χ2v) is 12.4. The van der Waals surface area contributed by atoms with Gasteiger partial charge >= 0.3 is 0 Å². The summed E-state index contributed by atoms with van der Waals surface area (Å²) < 4.78 is 6.03. The number of para-hydroxylation sites is 3. The average molecular weight is 670 g/mol. The fourth-order valence-corrected chi connectivity index (χ4v) is 6.44. The molecule has 0 saturated carbocycles. The Morgan fingerprint density at radius 3 is 1.17 bits per heavy atom. The molecule has 0 aliphatic heterocycles. The summed E-state index contributed by atoms with van der Waals surface area (Å²) >= 11 is 0. The first-order valence-electron chi connectivity index (χ1n) is 17.1. The Bertz CT molecular complexity index is 2590. The fraction of sp³-hybridized carbons (Fsp3) is 0. The predicted octanol–water partition coefficient (Wildman–Crippen LogP) is 11.8. The van der Waals surface area contributed by atoms with E-state index in [1.165, 1.54) is 5.56 Å². The third kappa shape index (κ3) is 6.10. The van der Waals surface area contributed by atoms with Gasteiger partial charge < -0.3 is 9.32 Å². The second-order valence-electron chi connectivity index (χ2n) is 12.4. The van der Waals surface area contributed by atoms with Gasteiger partial charge in [0.2, 0.25) is 11.8 Å². The molecule has 0 saturated heterocycles. The molecule has 9 rings (SSSR count). The summed E-state index contributed by atoms with van der Waals surface area (Å²) in [5.74, 6) is 0.970. The molecule has 52 heavy (non-hydrogen) atoms. The zero-order chi connectivity index (χ0) is 34.7. The minimum Gasteiger partial charge on any atom is -0.416 e. The highest BCUT2D eigenvalue weighted by molar-refractivity contribution is 5.88. The standard InChI is InChI=1S/C46H31N5O/c1-4-12-32(13-5-1)33-20-22-34(23-21-33)43-44(48-42-19-11-10-18-41(42)47-43)35-24-28-39(29-25-35)51(38-16-8-3-9-17-38)40-30-26-37(27-31-40)46-50-49-45(52-46)36-14-6-2-7-15-36/h1-31H. The first-order chi connectivity index (χ1) is 25.8. The van der Waals surface area contributed by atoms with E-state index >= 15 is 0 Å². The number of nitrogens with zero attached hydrogens (tertiary/aromatic N) is 5. The number of hydrogen-bond acceptors (Lipinski definition) is 6. The maximum Gasteiger partial charge on any atom is 0.248 e. The van der Waals surface area contributed by atoms with Crippen LogP contribution < -0.4 is 4.90 Å². The van der Waals surface area contributed by atoms with Gasteiger partial charge in [-0.1, -0.05) is 115 Å². The van der Waals surface area contributed by atoms with Gasteiger partial charge in [-0.3, -0.25) is 0 Å². The lowest BCUT2D eigenvalue weighted by Crippen LogP contribution is -2.09. The molecule has 0 amide bonds. The van der Waals surface area contributed by atoms with Gasteiger partial charge in [0, 0.05) is 39.3 Å². The Morgan fingerprint density at radius 2 is 0.654 bits per heavy atom. The summed E-state index contributed by atoms with van der Waals surface area (Å²) in [6.45, 7) is 0. The minimum atomic E-state index is 0.475. The van der Waals surface area contributed by atoms with E-state index < -0.39 is 0 Å². The SMILES string of the molecule is c1ccc(-c2ccc(-c3nc4ccccc4nc3-c3ccc(N(c4ccccc4)c4ccc(-c5nnc(-c6ccccc6)o5)cc4)cc3)cc2)cc1. The van der Waals surface area contributed by atoms with Crippen LogP contribution in [0.25, 0.3) is 67.6 Å². The van der Waals surface area contributed by atoms with E-state index in [-0.39, 0.29) is 0 Å². The van der Waals surface area contributed by atoms with E-state index in [2.05, 4.69) is 124 Å². The molecule has 0 aliphatic rings. The fourth-order valence-electron chi connectivity index (χ4n) is 6.44. The Labute approximate surface area is 301 Å². The molecule has 0 bridgehead atoms. The molecule has 9 aromatic rings. The lowest BCUT2D eigenvalue weighted by atomic mass is 9.99. The topological polar surface area (TPSA) is 67.9 Å². The quantitative estimate of drug-likeness (QED) is 0.160. The van der Waals surface area contributed by atoms with Crippen molar-refractivity contribution in [2.75, 3.05) is 4.90 Å². The van der Waals surface area contributed by atoms with Gasteiger partial charge in [0.15, 0.2) is 0 Å². The maximum atomic E-state index is 6.03. The van der Waals surface area contributed by atoms with Crippen molar-refractivity contribution in [3.8, 4) is 56.6 Å². The molecule has 6 heteroatoms. The van der Waals surface area contributed by atoms with Gasteiger partial charge in [0.25, 0.3) is 0 Å². The number of anilines is 3. The molecule has 0 fully saturated rings. The number of hydrogen-bond donors (Lipinski definition) is 0. The van der Waals surface area contributed by atoms with Crippen LogP contribution >= 0.6 is 0 Å². The highest BCUT2D eigenvalue weighted by Gasteiger charge is 2.17. The van der Waals surface area contributed by atoms with E-state index in [1.54, 1.807) is 0 Å². The molecule has 2 aromatic heterocycles. The van der Waals surface area contributed by atoms with Crippen molar-refractivity contribution in [3.63, 3.8) is 0 Å². The van der Waals surface area contributed by atoms with Gasteiger partial charge in [-0.05, 0) is 83.9 Å². The van der Waals surface area contributed by atoms with Gasteiger partial charge in [0.1, 0.15) is 0 Å². The molecule has 6 nitrogen and oxygen atoms in total. The van der Waals surface area contributed by atoms with Crippen LogP contribution in [0.2, 0.25) is 0 Å². The van der Waals surface area contributed by atoms with E-state index in [0.717, 1.165) is 67.3 Å². The van der Waals surface area contributed by atoms with Gasteiger partial charge in [-0.25, -0.2) is 9.97 Å². The van der Waals surface area contributed by atoms with Crippen molar-refractivity contribution in [1.82, 2.24) is 20.2 Å². The molecule has 0 aliphatic carbocycles. The monoisotopic (exact) mass is 669 g/mol. The molecule has 0 spiro atoms. The summed E-state index contributed by atoms with van der Waals surface area (Å²) in [6, 6.07) is 63.9. The number of benzene rings is 7. The van der Waals surface area contributed by atoms with Crippen molar-refractivity contribution in [2.24, 2.45) is 0 Å². The minimum absolute atomic E-state index is 0.475. The lowest BCUT2D eigenvalue weighted by Gasteiger charge is -2.25. The van der Waals surface area contributed by atoms with Crippen molar-refractivity contribution < 1.29 is 4.42 Å². The molecule has 2 heterocycles. The highest BCUT2D eigenvalue weighted by Crippen LogP contribution is 2.38. The highest BCUT2D eigenvalue weighted by atomic mass is 16.4. The smallest absolute Gasteiger partial charge is 0.248 e. The second kappa shape index (κ2) is 13.6. The number of fused-ring (bicyclic) bond motifs is 1. The third-order valence-electron chi connectivity index (χ3n) is 9.07. The molecule has 7 aromatic carbocycles. The summed E-state index contributed by atoms with van der Waals surface area (Å²) in [7, 11) is 0. The largest absolute Gasteiger partial charge is 0.416 e. The van der Waals surface area contributed by atoms with Gasteiger partial charge in [-0.2, -0.15) is 0 Å². The van der Waals surface area contributed by atoms with E-state index in [0.29, 0.717) is 11.8 Å². The van der Waals surface area contributed by atoms with Gasteiger partial charge in [0.05, 0.1) is 22.4 Å². The van der Waals surface area contributed by atoms with Crippen LogP contribution in [-0.4, -0.2) is 20.2 Å². The van der Waals surface area contributed by atoms with Crippen LogP contribution in [0.3, 0.4) is 0 Å². The normalized spacial score (nSPS) is 11.1. The molecule has 246 valence electrons. The van der Waals surface area contributed by atoms with Gasteiger partial charge in [-0.15, -0.1) is 10.2 Å². The number of rotatable bonds is 8. The van der Waals surface area contributed by atoms with Crippen molar-refractivity contribution in [3.05, 3.63) is 188 Å². The van der Waals surface area contributed by atoms with Crippen LogP contribution in [0.1, 0.15) is 0 Å². The van der Waals surface area contributed by atoms with Crippen LogP contribution in [0.15, 0.2) is 192 Å². The zero-order valence-corrected chi connectivity index (χ0v) is 28.0. The van der Waals surface area contributed by atoms with Crippen LogP contribution in [-0.2, 0) is 0 Å². The van der Waals surface area contributed by atoms with Crippen LogP contribution in [0.5, 0.6) is 0 Å². The van der Waals surface area contributed by atoms with Crippen molar-refractivity contribution in [1.29, 1.82) is 0 Å². The van der Waals surface area contributed by atoms with Crippen LogP contribution in [0, 0.1) is 0 Å². The molecule has 0 radical (unpaired) electrons. The van der Waals surface area contributed by atoms with E-state index in [1.807, 2.05) is 78.9 Å². The summed E-state index contributed by atoms with van der Waals surface area (Å²) in [6.07, 6.45) is 0. The summed E-state index contributed by atoms with van der Waals surface area (Å²) in [5.41, 5.74) is 12.5. The molecular formula is C46H31N5O. The van der Waals surface area contributed by atoms with Crippen molar-refractivity contribution in [2.45, 2.75) is 0 Å². The molecular weight excluding hydrogens is 639 g/mol. The first-order valence-corrected chi connectivity index (χ1v) is 17.1. The molecule has 0 unspecified atom stereocenters. The zero-order valence-electron chi connectivity index (χ0n) is 28.0. The maximum absolute atomic E-state index is 6.03. The average Bonchev–Trinajstić information content (AvgIpc) is 3.73. The van der Waals surface area contributed by atoms with Crippen molar-refractivity contribution >= 4 is 28.1 Å². The Balaban J connectivity index is 1.07. The van der Waals surface area contributed by atoms with E-state index in [9.17, 15) is 0 Å². The van der Waals surface area contributed by atoms with Crippen LogP contribution in [0.4, 0.5) is 17.1 Å². The predicted molar refractivity (Wildman–Crippen MR) is 209 cm³/mol. The first kappa shape index (κ1) is 30.8. The van der Waals surface area contributed by atoms with E-state index in [4.69, 9.17) is 14.4 Å².